The maximum atomic E-state index is 12.6. The average molecular weight is 317 g/mol. The molecule has 0 saturated heterocycles. The summed E-state index contributed by atoms with van der Waals surface area (Å²) in [7, 11) is -2.96. The van der Waals surface area contributed by atoms with Crippen LogP contribution in [0.15, 0.2) is 42.5 Å². The van der Waals surface area contributed by atoms with E-state index in [0.717, 1.165) is 11.3 Å². The predicted octanol–water partition coefficient (Wildman–Crippen LogP) is 5.74. The first-order valence-electron chi connectivity index (χ1n) is 7.49. The quantitative estimate of drug-likeness (QED) is 0.714. The smallest absolute Gasteiger partial charge is 0.338 e. The van der Waals surface area contributed by atoms with Crippen molar-refractivity contribution in [3.05, 3.63) is 59.2 Å². The molecule has 0 aliphatic rings. The molecule has 0 spiro atoms. The van der Waals surface area contributed by atoms with Crippen LogP contribution in [0.5, 0.6) is 5.75 Å². The van der Waals surface area contributed by atoms with Gasteiger partial charge in [0.1, 0.15) is 5.75 Å². The molecule has 0 radical (unpaired) electrons. The summed E-state index contributed by atoms with van der Waals surface area (Å²) in [5, 5.41) is 3.01. The van der Waals surface area contributed by atoms with Gasteiger partial charge in [0.05, 0.1) is 0 Å². The Balaban J connectivity index is 2.09. The van der Waals surface area contributed by atoms with Gasteiger partial charge in [-0.05, 0) is 60.7 Å². The molecule has 1 N–H and O–H groups in total. The Kier molecular flexibility index (Phi) is 4.97. The fourth-order valence-corrected chi connectivity index (χ4v) is 3.36. The van der Waals surface area contributed by atoms with Crippen molar-refractivity contribution in [1.82, 2.24) is 0 Å². The lowest BCUT2D eigenvalue weighted by atomic mass is 10.0. The molecular formula is C18H24NO2P. The molecule has 0 heterocycles. The molecule has 0 bridgehead atoms. The normalized spacial score (nSPS) is 13.7. The average Bonchev–Trinajstić information content (AvgIpc) is 2.42. The van der Waals surface area contributed by atoms with Crippen molar-refractivity contribution in [2.75, 3.05) is 11.8 Å². The maximum absolute atomic E-state index is 12.6. The van der Waals surface area contributed by atoms with Crippen LogP contribution in [-0.2, 0) is 4.57 Å². The predicted molar refractivity (Wildman–Crippen MR) is 94.2 cm³/mol. The van der Waals surface area contributed by atoms with Gasteiger partial charge in [0.25, 0.3) is 0 Å². The van der Waals surface area contributed by atoms with Gasteiger partial charge in [-0.25, -0.2) is 0 Å². The second-order valence-corrected chi connectivity index (χ2v) is 8.17. The second kappa shape index (κ2) is 6.58. The molecular weight excluding hydrogens is 293 g/mol. The molecule has 1 atom stereocenters. The molecule has 2 aromatic rings. The highest BCUT2D eigenvalue weighted by Gasteiger charge is 2.17. The summed E-state index contributed by atoms with van der Waals surface area (Å²) < 4.78 is 18.3. The molecule has 118 valence electrons. The number of hydrogen-bond acceptors (Lipinski definition) is 2. The van der Waals surface area contributed by atoms with Gasteiger partial charge in [0, 0.05) is 12.4 Å². The minimum atomic E-state index is -2.96. The molecule has 0 fully saturated rings. The van der Waals surface area contributed by atoms with Crippen LogP contribution in [0, 0.1) is 13.8 Å². The zero-order chi connectivity index (χ0) is 16.3. The topological polar surface area (TPSA) is 38.3 Å². The summed E-state index contributed by atoms with van der Waals surface area (Å²) in [5.74, 6) is 1.09. The lowest BCUT2D eigenvalue weighted by Crippen LogP contribution is -2.02. The summed E-state index contributed by atoms with van der Waals surface area (Å²) in [4.78, 5) is 0. The first-order valence-corrected chi connectivity index (χ1v) is 9.56. The summed E-state index contributed by atoms with van der Waals surface area (Å²) in [6.45, 7) is 9.96. The van der Waals surface area contributed by atoms with Crippen molar-refractivity contribution in [3.63, 3.8) is 0 Å². The van der Waals surface area contributed by atoms with Crippen LogP contribution in [0.3, 0.4) is 0 Å². The highest BCUT2D eigenvalue weighted by atomic mass is 31.2. The van der Waals surface area contributed by atoms with E-state index in [4.69, 9.17) is 4.52 Å². The van der Waals surface area contributed by atoms with Crippen LogP contribution in [-0.4, -0.2) is 6.66 Å². The molecule has 0 aliphatic carbocycles. The number of aryl methyl sites for hydroxylation is 2. The van der Waals surface area contributed by atoms with Crippen LogP contribution >= 0.6 is 7.52 Å². The number of nitrogens with one attached hydrogen (secondary N) is 1. The third-order valence-corrected chi connectivity index (χ3v) is 4.89. The van der Waals surface area contributed by atoms with Gasteiger partial charge >= 0.3 is 7.52 Å². The maximum Gasteiger partial charge on any atom is 0.338 e. The van der Waals surface area contributed by atoms with E-state index in [1.54, 1.807) is 6.66 Å². The zero-order valence-electron chi connectivity index (χ0n) is 13.9. The molecule has 0 aromatic heterocycles. The highest BCUT2D eigenvalue weighted by Crippen LogP contribution is 2.43. The van der Waals surface area contributed by atoms with Crippen molar-refractivity contribution in [2.45, 2.75) is 33.6 Å². The SMILES string of the molecule is Cc1ccc(NP(C)(=O)Oc2ccc(C(C)C)cc2)cc1C. The highest BCUT2D eigenvalue weighted by molar-refractivity contribution is 7.60. The van der Waals surface area contributed by atoms with Gasteiger partial charge in [-0.3, -0.25) is 4.57 Å². The van der Waals surface area contributed by atoms with Crippen LogP contribution < -0.4 is 9.61 Å². The van der Waals surface area contributed by atoms with Crippen molar-refractivity contribution in [3.8, 4) is 5.75 Å². The Morgan fingerprint density at radius 1 is 1.00 bits per heavy atom. The van der Waals surface area contributed by atoms with Crippen molar-refractivity contribution < 1.29 is 9.09 Å². The number of rotatable bonds is 5. The first-order chi connectivity index (χ1) is 10.3. The third-order valence-electron chi connectivity index (χ3n) is 3.67. The lowest BCUT2D eigenvalue weighted by molar-refractivity contribution is 0.493. The molecule has 2 rings (SSSR count). The third kappa shape index (κ3) is 4.38. The summed E-state index contributed by atoms with van der Waals surface area (Å²) >= 11 is 0. The number of benzene rings is 2. The van der Waals surface area contributed by atoms with E-state index in [-0.39, 0.29) is 0 Å². The molecule has 0 aliphatic heterocycles. The minimum Gasteiger partial charge on any atom is -0.429 e. The fraction of sp³-hybridized carbons (Fsp3) is 0.333. The monoisotopic (exact) mass is 317 g/mol. The van der Waals surface area contributed by atoms with E-state index in [1.807, 2.05) is 49.4 Å². The van der Waals surface area contributed by atoms with Crippen LogP contribution in [0.1, 0.15) is 36.5 Å². The first kappa shape index (κ1) is 16.6. The van der Waals surface area contributed by atoms with Gasteiger partial charge in [-0.1, -0.05) is 32.0 Å². The molecule has 3 nitrogen and oxygen atoms in total. The van der Waals surface area contributed by atoms with Gasteiger partial charge in [0.15, 0.2) is 0 Å². The van der Waals surface area contributed by atoms with Gasteiger partial charge in [0.2, 0.25) is 0 Å². The lowest BCUT2D eigenvalue weighted by Gasteiger charge is -2.18. The molecule has 22 heavy (non-hydrogen) atoms. The van der Waals surface area contributed by atoms with Gasteiger partial charge in [-0.15, -0.1) is 0 Å². The minimum absolute atomic E-state index is 0.469. The van der Waals surface area contributed by atoms with E-state index in [1.165, 1.54) is 11.1 Å². The van der Waals surface area contributed by atoms with Crippen LogP contribution in [0.2, 0.25) is 0 Å². The van der Waals surface area contributed by atoms with Crippen molar-refractivity contribution in [2.24, 2.45) is 0 Å². The summed E-state index contributed by atoms with van der Waals surface area (Å²) in [5.41, 5.74) is 4.42. The molecule has 0 amide bonds. The molecule has 4 heteroatoms. The molecule has 1 unspecified atom stereocenters. The van der Waals surface area contributed by atoms with E-state index < -0.39 is 7.52 Å². The Morgan fingerprint density at radius 3 is 2.18 bits per heavy atom. The second-order valence-electron chi connectivity index (χ2n) is 6.07. The van der Waals surface area contributed by atoms with E-state index in [9.17, 15) is 4.57 Å². The number of anilines is 1. The Hall–Kier alpha value is -1.73. The summed E-state index contributed by atoms with van der Waals surface area (Å²) in [6, 6.07) is 13.7. The van der Waals surface area contributed by atoms with E-state index in [2.05, 4.69) is 25.9 Å². The van der Waals surface area contributed by atoms with E-state index >= 15 is 0 Å². The van der Waals surface area contributed by atoms with Crippen molar-refractivity contribution >= 4 is 13.2 Å². The Labute approximate surface area is 133 Å². The van der Waals surface area contributed by atoms with Crippen LogP contribution in [0.4, 0.5) is 5.69 Å². The fourth-order valence-electron chi connectivity index (χ4n) is 2.18. The Bertz CT molecular complexity index is 693. The van der Waals surface area contributed by atoms with Gasteiger partial charge < -0.3 is 9.61 Å². The van der Waals surface area contributed by atoms with E-state index in [0.29, 0.717) is 11.7 Å². The Morgan fingerprint density at radius 2 is 1.64 bits per heavy atom. The summed E-state index contributed by atoms with van der Waals surface area (Å²) in [6.07, 6.45) is 0. The number of hydrogen-bond donors (Lipinski definition) is 1. The van der Waals surface area contributed by atoms with Gasteiger partial charge in [-0.2, -0.15) is 0 Å². The molecule has 0 saturated carbocycles. The largest absolute Gasteiger partial charge is 0.429 e. The zero-order valence-corrected chi connectivity index (χ0v) is 14.8. The standard InChI is InChI=1S/C18H24NO2P/c1-13(2)16-7-10-18(11-8-16)21-22(5,20)19-17-9-6-14(3)15(4)12-17/h6-13H,1-5H3,(H,19,20). The van der Waals surface area contributed by atoms with Crippen molar-refractivity contribution in [1.29, 1.82) is 0 Å². The van der Waals surface area contributed by atoms with Crippen LogP contribution in [0.25, 0.3) is 0 Å². The molecule has 2 aromatic carbocycles.